The molecule has 1 amide bonds. The molecule has 2 aromatic rings. The SMILES string of the molecule is CC(C)OCc1cccc(CNC(=O)c2ccccc2SC(C)C)c1. The standard InChI is InChI=1S/C21H27NO2S/c1-15(2)24-14-18-9-7-8-17(12-18)13-22-21(23)19-10-5-6-11-20(19)25-16(3)4/h5-12,15-16H,13-14H2,1-4H3,(H,22,23). The number of carbonyl (C=O) groups excluding carboxylic acids is 1. The van der Waals surface area contributed by atoms with Gasteiger partial charge in [-0.1, -0.05) is 50.2 Å². The third kappa shape index (κ3) is 6.56. The van der Waals surface area contributed by atoms with Gasteiger partial charge in [0, 0.05) is 16.7 Å². The molecule has 0 bridgehead atoms. The van der Waals surface area contributed by atoms with Gasteiger partial charge in [-0.05, 0) is 37.1 Å². The summed E-state index contributed by atoms with van der Waals surface area (Å²) in [4.78, 5) is 13.6. The summed E-state index contributed by atoms with van der Waals surface area (Å²) < 4.78 is 5.64. The number of benzene rings is 2. The van der Waals surface area contributed by atoms with Crippen molar-refractivity contribution in [3.63, 3.8) is 0 Å². The van der Waals surface area contributed by atoms with E-state index in [2.05, 4.69) is 25.2 Å². The number of rotatable bonds is 8. The van der Waals surface area contributed by atoms with Gasteiger partial charge >= 0.3 is 0 Å². The van der Waals surface area contributed by atoms with Gasteiger partial charge in [-0.3, -0.25) is 4.79 Å². The predicted octanol–water partition coefficient (Wildman–Crippen LogP) is 5.04. The van der Waals surface area contributed by atoms with E-state index in [4.69, 9.17) is 4.74 Å². The Kier molecular flexibility index (Phi) is 7.53. The Morgan fingerprint density at radius 3 is 2.48 bits per heavy atom. The average Bonchev–Trinajstić information content (AvgIpc) is 2.58. The van der Waals surface area contributed by atoms with E-state index in [0.29, 0.717) is 18.4 Å². The number of nitrogens with one attached hydrogen (secondary N) is 1. The summed E-state index contributed by atoms with van der Waals surface area (Å²) >= 11 is 1.71. The van der Waals surface area contributed by atoms with Crippen molar-refractivity contribution in [1.29, 1.82) is 0 Å². The zero-order chi connectivity index (χ0) is 18.2. The van der Waals surface area contributed by atoms with Crippen LogP contribution < -0.4 is 5.32 Å². The van der Waals surface area contributed by atoms with Crippen LogP contribution in [0.5, 0.6) is 0 Å². The van der Waals surface area contributed by atoms with Gasteiger partial charge in [0.05, 0.1) is 18.3 Å². The van der Waals surface area contributed by atoms with E-state index >= 15 is 0 Å². The number of ether oxygens (including phenoxy) is 1. The van der Waals surface area contributed by atoms with E-state index in [1.54, 1.807) is 11.8 Å². The minimum Gasteiger partial charge on any atom is -0.374 e. The van der Waals surface area contributed by atoms with Gasteiger partial charge in [-0.15, -0.1) is 11.8 Å². The van der Waals surface area contributed by atoms with Gasteiger partial charge in [0.2, 0.25) is 0 Å². The zero-order valence-electron chi connectivity index (χ0n) is 15.4. The highest BCUT2D eigenvalue weighted by molar-refractivity contribution is 8.00. The van der Waals surface area contributed by atoms with Crippen LogP contribution in [0.4, 0.5) is 0 Å². The van der Waals surface area contributed by atoms with Crippen molar-refractivity contribution in [2.24, 2.45) is 0 Å². The first kappa shape index (κ1) is 19.5. The maximum atomic E-state index is 12.6. The van der Waals surface area contributed by atoms with Crippen LogP contribution in [0.1, 0.15) is 49.2 Å². The fourth-order valence-corrected chi connectivity index (χ4v) is 3.33. The molecular weight excluding hydrogens is 330 g/mol. The molecule has 134 valence electrons. The minimum atomic E-state index is -0.0346. The zero-order valence-corrected chi connectivity index (χ0v) is 16.2. The van der Waals surface area contributed by atoms with Crippen molar-refractivity contribution < 1.29 is 9.53 Å². The second-order valence-corrected chi connectivity index (χ2v) is 8.14. The third-order valence-electron chi connectivity index (χ3n) is 3.52. The Balaban J connectivity index is 1.99. The molecule has 25 heavy (non-hydrogen) atoms. The van der Waals surface area contributed by atoms with Gasteiger partial charge in [0.1, 0.15) is 0 Å². The van der Waals surface area contributed by atoms with Crippen LogP contribution in [0.25, 0.3) is 0 Å². The maximum absolute atomic E-state index is 12.6. The Bertz CT molecular complexity index is 698. The number of hydrogen-bond acceptors (Lipinski definition) is 3. The Morgan fingerprint density at radius 2 is 1.76 bits per heavy atom. The first-order valence-electron chi connectivity index (χ1n) is 8.69. The van der Waals surface area contributed by atoms with Gasteiger partial charge in [0.15, 0.2) is 0 Å². The molecule has 1 N–H and O–H groups in total. The molecule has 3 nitrogen and oxygen atoms in total. The van der Waals surface area contributed by atoms with Crippen molar-refractivity contribution in [2.75, 3.05) is 0 Å². The van der Waals surface area contributed by atoms with Crippen molar-refractivity contribution in [3.8, 4) is 0 Å². The number of thioether (sulfide) groups is 1. The maximum Gasteiger partial charge on any atom is 0.252 e. The largest absolute Gasteiger partial charge is 0.374 e. The van der Waals surface area contributed by atoms with Gasteiger partial charge in [-0.2, -0.15) is 0 Å². The van der Waals surface area contributed by atoms with Crippen LogP contribution in [0.3, 0.4) is 0 Å². The van der Waals surface area contributed by atoms with E-state index in [1.165, 1.54) is 0 Å². The lowest BCUT2D eigenvalue weighted by Crippen LogP contribution is -2.23. The van der Waals surface area contributed by atoms with Crippen molar-refractivity contribution in [2.45, 2.75) is 57.1 Å². The highest BCUT2D eigenvalue weighted by Gasteiger charge is 2.12. The second-order valence-electron chi connectivity index (χ2n) is 6.53. The smallest absolute Gasteiger partial charge is 0.252 e. The molecule has 0 aliphatic heterocycles. The van der Waals surface area contributed by atoms with E-state index in [0.717, 1.165) is 21.6 Å². The molecule has 2 rings (SSSR count). The molecule has 0 saturated heterocycles. The van der Waals surface area contributed by atoms with Crippen LogP contribution in [0.15, 0.2) is 53.4 Å². The quantitative estimate of drug-likeness (QED) is 0.673. The van der Waals surface area contributed by atoms with Gasteiger partial charge in [0.25, 0.3) is 5.91 Å². The first-order valence-corrected chi connectivity index (χ1v) is 9.57. The van der Waals surface area contributed by atoms with Crippen LogP contribution >= 0.6 is 11.8 Å². The molecule has 4 heteroatoms. The fourth-order valence-electron chi connectivity index (χ4n) is 2.38. The summed E-state index contributed by atoms with van der Waals surface area (Å²) in [5.41, 5.74) is 2.93. The molecule has 0 atom stereocenters. The number of hydrogen-bond donors (Lipinski definition) is 1. The number of amides is 1. The van der Waals surface area contributed by atoms with Crippen LogP contribution in [-0.2, 0) is 17.9 Å². The monoisotopic (exact) mass is 357 g/mol. The van der Waals surface area contributed by atoms with Crippen LogP contribution in [0.2, 0.25) is 0 Å². The number of carbonyl (C=O) groups is 1. The van der Waals surface area contributed by atoms with Gasteiger partial charge < -0.3 is 10.1 Å². The van der Waals surface area contributed by atoms with E-state index < -0.39 is 0 Å². The molecule has 0 aliphatic carbocycles. The van der Waals surface area contributed by atoms with E-state index in [9.17, 15) is 4.79 Å². The summed E-state index contributed by atoms with van der Waals surface area (Å²) in [6.45, 7) is 9.41. The van der Waals surface area contributed by atoms with Crippen molar-refractivity contribution in [3.05, 3.63) is 65.2 Å². The lowest BCUT2D eigenvalue weighted by Gasteiger charge is -2.12. The normalized spacial score (nSPS) is 11.1. The van der Waals surface area contributed by atoms with E-state index in [1.807, 2.05) is 56.3 Å². The summed E-state index contributed by atoms with van der Waals surface area (Å²) in [7, 11) is 0. The minimum absolute atomic E-state index is 0.0346. The van der Waals surface area contributed by atoms with Crippen LogP contribution in [0, 0.1) is 0 Å². The molecule has 0 saturated carbocycles. The molecule has 0 spiro atoms. The summed E-state index contributed by atoms with van der Waals surface area (Å²) in [6, 6.07) is 15.9. The molecular formula is C21H27NO2S. The highest BCUT2D eigenvalue weighted by Crippen LogP contribution is 2.26. The molecule has 2 aromatic carbocycles. The van der Waals surface area contributed by atoms with E-state index in [-0.39, 0.29) is 12.0 Å². The summed E-state index contributed by atoms with van der Waals surface area (Å²) in [6.07, 6.45) is 0.207. The highest BCUT2D eigenvalue weighted by atomic mass is 32.2. The molecule has 0 aromatic heterocycles. The Morgan fingerprint density at radius 1 is 1.04 bits per heavy atom. The van der Waals surface area contributed by atoms with Gasteiger partial charge in [-0.25, -0.2) is 0 Å². The fraction of sp³-hybridized carbons (Fsp3) is 0.381. The lowest BCUT2D eigenvalue weighted by atomic mass is 10.1. The van der Waals surface area contributed by atoms with Crippen molar-refractivity contribution in [1.82, 2.24) is 5.32 Å². The summed E-state index contributed by atoms with van der Waals surface area (Å²) in [5, 5.41) is 3.46. The Hall–Kier alpha value is -1.78. The molecule has 0 heterocycles. The third-order valence-corrected chi connectivity index (χ3v) is 4.60. The first-order chi connectivity index (χ1) is 12.0. The summed E-state index contributed by atoms with van der Waals surface area (Å²) in [5.74, 6) is -0.0346. The van der Waals surface area contributed by atoms with Crippen molar-refractivity contribution >= 4 is 17.7 Å². The second kappa shape index (κ2) is 9.64. The molecule has 0 radical (unpaired) electrons. The topological polar surface area (TPSA) is 38.3 Å². The lowest BCUT2D eigenvalue weighted by molar-refractivity contribution is 0.0657. The molecule has 0 fully saturated rings. The average molecular weight is 358 g/mol. The predicted molar refractivity (Wildman–Crippen MR) is 105 cm³/mol. The molecule has 0 unspecified atom stereocenters. The van der Waals surface area contributed by atoms with Crippen LogP contribution in [-0.4, -0.2) is 17.3 Å². The molecule has 0 aliphatic rings. The Labute approximate surface area is 155 Å².